The average Bonchev–Trinajstić information content (AvgIpc) is 3.27. The zero-order valence-electron chi connectivity index (χ0n) is 21.2. The van der Waals surface area contributed by atoms with Crippen molar-refractivity contribution in [3.05, 3.63) is 101 Å². The van der Waals surface area contributed by atoms with Crippen LogP contribution in [-0.4, -0.2) is 12.9 Å². The van der Waals surface area contributed by atoms with Crippen molar-refractivity contribution in [1.82, 2.24) is 0 Å². The average molecular weight is 457 g/mol. The predicted molar refractivity (Wildman–Crippen MR) is 141 cm³/mol. The van der Waals surface area contributed by atoms with Crippen molar-refractivity contribution >= 4 is 0 Å². The van der Waals surface area contributed by atoms with Crippen LogP contribution in [0.5, 0.6) is 5.75 Å². The molecule has 0 bridgehead atoms. The van der Waals surface area contributed by atoms with E-state index in [-0.39, 0.29) is 12.2 Å². The molecule has 0 heterocycles. The van der Waals surface area contributed by atoms with Crippen molar-refractivity contribution < 1.29 is 9.47 Å². The van der Waals surface area contributed by atoms with Gasteiger partial charge in [-0.15, -0.1) is 0 Å². The number of rotatable bonds is 11. The fraction of sp³-hybridized carbons (Fsp3) is 0.438. The zero-order chi connectivity index (χ0) is 23.9. The van der Waals surface area contributed by atoms with Gasteiger partial charge >= 0.3 is 0 Å². The minimum absolute atomic E-state index is 0.260. The van der Waals surface area contributed by atoms with Crippen LogP contribution in [0.25, 0.3) is 0 Å². The number of aryl methyl sites for hydroxylation is 1. The van der Waals surface area contributed by atoms with E-state index in [1.807, 2.05) is 0 Å². The van der Waals surface area contributed by atoms with Gasteiger partial charge in [0, 0.05) is 5.92 Å². The Morgan fingerprint density at radius 2 is 1.53 bits per heavy atom. The summed E-state index contributed by atoms with van der Waals surface area (Å²) < 4.78 is 13.0. The van der Waals surface area contributed by atoms with Crippen LogP contribution in [0, 0.1) is 11.8 Å². The maximum atomic E-state index is 6.55. The zero-order valence-corrected chi connectivity index (χ0v) is 21.2. The molecule has 3 unspecified atom stereocenters. The van der Waals surface area contributed by atoms with Crippen LogP contribution in [-0.2, 0) is 17.6 Å². The summed E-state index contributed by atoms with van der Waals surface area (Å²) in [4.78, 5) is 0. The molecule has 0 N–H and O–H groups in total. The number of benzene rings is 3. The molecule has 3 atom stereocenters. The number of ether oxygens (including phenoxy) is 2. The van der Waals surface area contributed by atoms with E-state index < -0.39 is 0 Å². The number of hydrogen-bond donors (Lipinski definition) is 0. The summed E-state index contributed by atoms with van der Waals surface area (Å²) in [6.07, 6.45) is 3.97. The highest BCUT2D eigenvalue weighted by molar-refractivity contribution is 5.36. The summed E-state index contributed by atoms with van der Waals surface area (Å²) in [5.74, 6) is 3.04. The summed E-state index contributed by atoms with van der Waals surface area (Å²) in [7, 11) is 0. The molecular formula is C32H40O2. The molecule has 0 saturated heterocycles. The van der Waals surface area contributed by atoms with E-state index in [1.54, 1.807) is 0 Å². The molecule has 0 amide bonds. The minimum Gasteiger partial charge on any atom is -0.464 e. The maximum Gasteiger partial charge on any atom is 0.206 e. The molecule has 34 heavy (non-hydrogen) atoms. The van der Waals surface area contributed by atoms with Gasteiger partial charge in [0.1, 0.15) is 5.75 Å². The Bertz CT molecular complexity index is 1010. The van der Waals surface area contributed by atoms with Crippen molar-refractivity contribution in [2.24, 2.45) is 11.8 Å². The molecule has 180 valence electrons. The second-order valence-electron chi connectivity index (χ2n) is 10.5. The Labute approximate surface area is 206 Å². The molecule has 0 aliphatic heterocycles. The SMILES string of the molecule is CC(C)CC(c1ccc(OC(OCCc2ccccc2)C2CCc3ccccc32)cc1)C(C)C. The predicted octanol–water partition coefficient (Wildman–Crippen LogP) is 8.17. The van der Waals surface area contributed by atoms with Gasteiger partial charge in [0.05, 0.1) is 6.61 Å². The summed E-state index contributed by atoms with van der Waals surface area (Å²) in [5.41, 5.74) is 5.50. The molecule has 2 heteroatoms. The van der Waals surface area contributed by atoms with Gasteiger partial charge in [0.25, 0.3) is 0 Å². The van der Waals surface area contributed by atoms with E-state index in [4.69, 9.17) is 9.47 Å². The van der Waals surface area contributed by atoms with Crippen LogP contribution in [0.15, 0.2) is 78.9 Å². The normalized spacial score (nSPS) is 17.1. The highest BCUT2D eigenvalue weighted by atomic mass is 16.7. The molecule has 4 rings (SSSR count). The lowest BCUT2D eigenvalue weighted by Crippen LogP contribution is -2.28. The largest absolute Gasteiger partial charge is 0.464 e. The minimum atomic E-state index is -0.283. The molecule has 0 fully saturated rings. The van der Waals surface area contributed by atoms with Gasteiger partial charge in [0.2, 0.25) is 6.29 Å². The van der Waals surface area contributed by atoms with E-state index in [9.17, 15) is 0 Å². The maximum absolute atomic E-state index is 6.55. The van der Waals surface area contributed by atoms with Gasteiger partial charge in [-0.05, 0) is 77.8 Å². The third kappa shape index (κ3) is 6.30. The third-order valence-corrected chi connectivity index (χ3v) is 7.11. The summed E-state index contributed by atoms with van der Waals surface area (Å²) in [6.45, 7) is 9.92. The standard InChI is InChI=1S/C32H40O2/c1-23(2)22-31(24(3)4)27-14-17-28(18-15-27)34-32(33-21-20-25-10-6-5-7-11-25)30-19-16-26-12-8-9-13-29(26)30/h5-15,17-18,23-24,30-32H,16,19-22H2,1-4H3. The lowest BCUT2D eigenvalue weighted by Gasteiger charge is -2.27. The second-order valence-corrected chi connectivity index (χ2v) is 10.5. The molecule has 3 aromatic rings. The Hall–Kier alpha value is -2.58. The van der Waals surface area contributed by atoms with Crippen LogP contribution in [0.1, 0.15) is 74.6 Å². The summed E-state index contributed by atoms with van der Waals surface area (Å²) in [6, 6.07) is 28.1. The van der Waals surface area contributed by atoms with Gasteiger partial charge in [-0.1, -0.05) is 94.4 Å². The molecule has 0 saturated carbocycles. The monoisotopic (exact) mass is 456 g/mol. The Balaban J connectivity index is 1.48. The molecule has 0 aromatic heterocycles. The van der Waals surface area contributed by atoms with E-state index in [2.05, 4.69) is 107 Å². The lowest BCUT2D eigenvalue weighted by molar-refractivity contribution is -0.0953. The third-order valence-electron chi connectivity index (χ3n) is 7.11. The molecular weight excluding hydrogens is 416 g/mol. The van der Waals surface area contributed by atoms with Crippen LogP contribution < -0.4 is 4.74 Å². The molecule has 3 aromatic carbocycles. The summed E-state index contributed by atoms with van der Waals surface area (Å²) in [5, 5.41) is 0. The smallest absolute Gasteiger partial charge is 0.206 e. The van der Waals surface area contributed by atoms with Crippen LogP contribution in [0.2, 0.25) is 0 Å². The van der Waals surface area contributed by atoms with Crippen molar-refractivity contribution in [1.29, 1.82) is 0 Å². The van der Waals surface area contributed by atoms with Crippen molar-refractivity contribution in [3.63, 3.8) is 0 Å². The van der Waals surface area contributed by atoms with Crippen LogP contribution in [0.3, 0.4) is 0 Å². The Kier molecular flexibility index (Phi) is 8.45. The van der Waals surface area contributed by atoms with E-state index >= 15 is 0 Å². The molecule has 0 spiro atoms. The Morgan fingerprint density at radius 1 is 0.824 bits per heavy atom. The van der Waals surface area contributed by atoms with Crippen molar-refractivity contribution in [2.45, 2.75) is 71.5 Å². The first-order chi connectivity index (χ1) is 16.5. The van der Waals surface area contributed by atoms with Gasteiger partial charge in [-0.3, -0.25) is 0 Å². The Morgan fingerprint density at radius 3 is 2.24 bits per heavy atom. The van der Waals surface area contributed by atoms with Gasteiger partial charge < -0.3 is 9.47 Å². The molecule has 0 radical (unpaired) electrons. The molecule has 2 nitrogen and oxygen atoms in total. The quantitative estimate of drug-likeness (QED) is 0.271. The molecule has 1 aliphatic carbocycles. The van der Waals surface area contributed by atoms with Crippen LogP contribution in [0.4, 0.5) is 0 Å². The van der Waals surface area contributed by atoms with Crippen molar-refractivity contribution in [2.75, 3.05) is 6.61 Å². The highest BCUT2D eigenvalue weighted by Crippen LogP contribution is 2.38. The second kappa shape index (κ2) is 11.7. The first-order valence-corrected chi connectivity index (χ1v) is 13.0. The lowest BCUT2D eigenvalue weighted by atomic mass is 9.82. The first kappa shape index (κ1) is 24.5. The van der Waals surface area contributed by atoms with E-state index in [0.29, 0.717) is 24.4 Å². The highest BCUT2D eigenvalue weighted by Gasteiger charge is 2.32. The topological polar surface area (TPSA) is 18.5 Å². The van der Waals surface area contributed by atoms with Crippen molar-refractivity contribution in [3.8, 4) is 5.75 Å². The van der Waals surface area contributed by atoms with E-state index in [1.165, 1.54) is 28.7 Å². The number of hydrogen-bond acceptors (Lipinski definition) is 2. The first-order valence-electron chi connectivity index (χ1n) is 13.0. The fourth-order valence-corrected chi connectivity index (χ4v) is 5.27. The van der Waals surface area contributed by atoms with Gasteiger partial charge in [-0.25, -0.2) is 0 Å². The van der Waals surface area contributed by atoms with Crippen LogP contribution >= 0.6 is 0 Å². The van der Waals surface area contributed by atoms with Gasteiger partial charge in [0.15, 0.2) is 0 Å². The fourth-order valence-electron chi connectivity index (χ4n) is 5.27. The number of fused-ring (bicyclic) bond motifs is 1. The van der Waals surface area contributed by atoms with E-state index in [0.717, 1.165) is 25.0 Å². The van der Waals surface area contributed by atoms with Gasteiger partial charge in [-0.2, -0.15) is 0 Å². The molecule has 1 aliphatic rings. The summed E-state index contributed by atoms with van der Waals surface area (Å²) >= 11 is 0.